The minimum atomic E-state index is -0.304. The summed E-state index contributed by atoms with van der Waals surface area (Å²) in [6.07, 6.45) is 4.81. The van der Waals surface area contributed by atoms with Crippen molar-refractivity contribution in [1.29, 1.82) is 0 Å². The van der Waals surface area contributed by atoms with Crippen molar-refractivity contribution in [3.8, 4) is 0 Å². The molecule has 1 aliphatic rings. The molecule has 0 amide bonds. The van der Waals surface area contributed by atoms with E-state index in [1.807, 2.05) is 19.2 Å². The van der Waals surface area contributed by atoms with Gasteiger partial charge in [-0.3, -0.25) is 0 Å². The minimum absolute atomic E-state index is 0.0101. The van der Waals surface area contributed by atoms with Crippen LogP contribution in [0.4, 0.5) is 4.39 Å². The van der Waals surface area contributed by atoms with E-state index in [2.05, 4.69) is 35.1 Å². The highest BCUT2D eigenvalue weighted by atomic mass is 79.9. The second kappa shape index (κ2) is 6.33. The molecule has 0 aliphatic heterocycles. The Bertz CT molecular complexity index is 490. The van der Waals surface area contributed by atoms with Gasteiger partial charge in [-0.05, 0) is 53.2 Å². The van der Waals surface area contributed by atoms with Crippen molar-refractivity contribution < 1.29 is 4.39 Å². The van der Waals surface area contributed by atoms with Gasteiger partial charge in [-0.2, -0.15) is 0 Å². The van der Waals surface area contributed by atoms with Crippen molar-refractivity contribution in [2.45, 2.75) is 45.6 Å². The van der Waals surface area contributed by atoms with Gasteiger partial charge in [0, 0.05) is 16.1 Å². The summed E-state index contributed by atoms with van der Waals surface area (Å²) in [6.45, 7) is 4.58. The minimum Gasteiger partial charge on any atom is -0.313 e. The molecule has 1 N–H and O–H groups in total. The van der Waals surface area contributed by atoms with Crippen LogP contribution in [0.25, 0.3) is 0 Å². The Morgan fingerprint density at radius 1 is 1.40 bits per heavy atom. The fourth-order valence-electron chi connectivity index (χ4n) is 3.49. The van der Waals surface area contributed by atoms with Crippen LogP contribution < -0.4 is 5.32 Å². The van der Waals surface area contributed by atoms with Gasteiger partial charge >= 0.3 is 0 Å². The number of rotatable bonds is 3. The monoisotopic (exact) mass is 361 g/mol. The van der Waals surface area contributed by atoms with E-state index in [1.54, 1.807) is 0 Å². The van der Waals surface area contributed by atoms with Gasteiger partial charge in [0.25, 0.3) is 0 Å². The number of nitrogens with one attached hydrogen (secondary N) is 1. The fraction of sp³-hybridized carbons (Fsp3) is 0.625. The lowest BCUT2D eigenvalue weighted by Crippen LogP contribution is -2.38. The Balaban J connectivity index is 2.40. The van der Waals surface area contributed by atoms with Gasteiger partial charge in [0.15, 0.2) is 0 Å². The molecule has 1 aliphatic carbocycles. The van der Waals surface area contributed by atoms with Crippen molar-refractivity contribution in [3.05, 3.63) is 33.0 Å². The third kappa shape index (κ3) is 3.05. The van der Waals surface area contributed by atoms with E-state index >= 15 is 0 Å². The molecule has 1 aromatic rings. The fourth-order valence-corrected chi connectivity index (χ4v) is 3.97. The molecule has 0 saturated heterocycles. The maximum atomic E-state index is 14.5. The Morgan fingerprint density at radius 2 is 2.10 bits per heavy atom. The standard InChI is InChI=1S/C16H22BrClFN/c1-16(2)9-5-4-6-11(16)15(20-3)10-7-8-12(17)13(18)14(10)19/h7-8,11,15,20H,4-6,9H2,1-3H3. The molecule has 0 aromatic heterocycles. The third-order valence-electron chi connectivity index (χ3n) is 4.70. The highest BCUT2D eigenvalue weighted by molar-refractivity contribution is 9.10. The van der Waals surface area contributed by atoms with Crippen LogP contribution in [0.5, 0.6) is 0 Å². The van der Waals surface area contributed by atoms with E-state index in [1.165, 1.54) is 19.3 Å². The van der Waals surface area contributed by atoms with Crippen molar-refractivity contribution >= 4 is 27.5 Å². The Kier molecular flexibility index (Phi) is 5.14. The quantitative estimate of drug-likeness (QED) is 0.678. The highest BCUT2D eigenvalue weighted by Crippen LogP contribution is 2.47. The SMILES string of the molecule is CNC(c1ccc(Br)c(Cl)c1F)C1CCCCC1(C)C. The lowest BCUT2D eigenvalue weighted by molar-refractivity contribution is 0.0998. The molecular formula is C16H22BrClFN. The van der Waals surface area contributed by atoms with Crippen LogP contribution in [0.2, 0.25) is 5.02 Å². The summed E-state index contributed by atoms with van der Waals surface area (Å²) in [4.78, 5) is 0. The first-order valence-electron chi connectivity index (χ1n) is 7.19. The van der Waals surface area contributed by atoms with Crippen LogP contribution in [0.3, 0.4) is 0 Å². The highest BCUT2D eigenvalue weighted by Gasteiger charge is 2.38. The molecule has 20 heavy (non-hydrogen) atoms. The largest absolute Gasteiger partial charge is 0.313 e. The molecular weight excluding hydrogens is 341 g/mol. The first-order chi connectivity index (χ1) is 9.38. The first-order valence-corrected chi connectivity index (χ1v) is 8.36. The van der Waals surface area contributed by atoms with E-state index in [-0.39, 0.29) is 22.3 Å². The second-order valence-electron chi connectivity index (χ2n) is 6.37. The topological polar surface area (TPSA) is 12.0 Å². The van der Waals surface area contributed by atoms with E-state index in [4.69, 9.17) is 11.6 Å². The molecule has 0 bridgehead atoms. The maximum Gasteiger partial charge on any atom is 0.147 e. The Morgan fingerprint density at radius 3 is 2.70 bits per heavy atom. The zero-order valence-electron chi connectivity index (χ0n) is 12.3. The molecule has 2 atom stereocenters. The van der Waals surface area contributed by atoms with Crippen LogP contribution in [0, 0.1) is 17.2 Å². The number of halogens is 3. The molecule has 112 valence electrons. The molecule has 1 nitrogen and oxygen atoms in total. The van der Waals surface area contributed by atoms with E-state index in [0.29, 0.717) is 16.0 Å². The zero-order chi connectivity index (χ0) is 14.9. The van der Waals surface area contributed by atoms with Crippen molar-refractivity contribution in [3.63, 3.8) is 0 Å². The summed E-state index contributed by atoms with van der Waals surface area (Å²) in [5.74, 6) is 0.120. The van der Waals surface area contributed by atoms with Gasteiger partial charge in [-0.25, -0.2) is 4.39 Å². The van der Waals surface area contributed by atoms with Gasteiger partial charge in [0.05, 0.1) is 5.02 Å². The molecule has 4 heteroatoms. The average Bonchev–Trinajstić information content (AvgIpc) is 2.40. The predicted octanol–water partition coefficient (Wildman–Crippen LogP) is 5.72. The summed E-state index contributed by atoms with van der Waals surface area (Å²) < 4.78 is 15.1. The molecule has 0 spiro atoms. The van der Waals surface area contributed by atoms with Gasteiger partial charge in [0.2, 0.25) is 0 Å². The number of hydrogen-bond acceptors (Lipinski definition) is 1. The molecule has 1 saturated carbocycles. The molecule has 1 aromatic carbocycles. The van der Waals surface area contributed by atoms with Crippen molar-refractivity contribution in [2.24, 2.45) is 11.3 Å². The predicted molar refractivity (Wildman–Crippen MR) is 86.6 cm³/mol. The summed E-state index contributed by atoms with van der Waals surface area (Å²) in [6, 6.07) is 3.69. The normalized spacial score (nSPS) is 23.6. The Labute approximate surface area is 134 Å². The lowest BCUT2D eigenvalue weighted by atomic mass is 9.65. The first kappa shape index (κ1) is 16.3. The van der Waals surface area contributed by atoms with Gasteiger partial charge < -0.3 is 5.32 Å². The third-order valence-corrected chi connectivity index (χ3v) is 5.96. The summed E-state index contributed by atoms with van der Waals surface area (Å²) >= 11 is 9.32. The average molecular weight is 363 g/mol. The van der Waals surface area contributed by atoms with Gasteiger partial charge in [-0.15, -0.1) is 0 Å². The molecule has 2 unspecified atom stereocenters. The van der Waals surface area contributed by atoms with E-state index < -0.39 is 0 Å². The molecule has 2 rings (SSSR count). The summed E-state index contributed by atoms with van der Waals surface area (Å²) in [5.41, 5.74) is 0.901. The van der Waals surface area contributed by atoms with Gasteiger partial charge in [0.1, 0.15) is 5.82 Å². The van der Waals surface area contributed by atoms with Crippen LogP contribution in [-0.2, 0) is 0 Å². The van der Waals surface area contributed by atoms with Crippen LogP contribution >= 0.6 is 27.5 Å². The van der Waals surface area contributed by atoms with Gasteiger partial charge in [-0.1, -0.05) is 44.4 Å². The number of benzene rings is 1. The Hall–Kier alpha value is -0.120. The zero-order valence-corrected chi connectivity index (χ0v) is 14.6. The lowest BCUT2D eigenvalue weighted by Gasteiger charge is -2.43. The number of hydrogen-bond donors (Lipinski definition) is 1. The van der Waals surface area contributed by atoms with Crippen molar-refractivity contribution in [1.82, 2.24) is 5.32 Å². The molecule has 0 heterocycles. The second-order valence-corrected chi connectivity index (χ2v) is 7.60. The molecule has 0 radical (unpaired) electrons. The van der Waals surface area contributed by atoms with Crippen molar-refractivity contribution in [2.75, 3.05) is 7.05 Å². The van der Waals surface area contributed by atoms with Crippen LogP contribution in [0.15, 0.2) is 16.6 Å². The maximum absolute atomic E-state index is 14.5. The van der Waals surface area contributed by atoms with E-state index in [0.717, 1.165) is 6.42 Å². The van der Waals surface area contributed by atoms with E-state index in [9.17, 15) is 4.39 Å². The summed E-state index contributed by atoms with van der Waals surface area (Å²) in [5, 5.41) is 3.49. The molecule has 1 fully saturated rings. The van der Waals surface area contributed by atoms with Crippen LogP contribution in [0.1, 0.15) is 51.1 Å². The smallest absolute Gasteiger partial charge is 0.147 e. The van der Waals surface area contributed by atoms with Crippen LogP contribution in [-0.4, -0.2) is 7.05 Å². The summed E-state index contributed by atoms with van der Waals surface area (Å²) in [7, 11) is 1.91.